The molecule has 0 aliphatic carbocycles. The van der Waals surface area contributed by atoms with E-state index in [-0.39, 0.29) is 23.2 Å². The van der Waals surface area contributed by atoms with E-state index < -0.39 is 0 Å². The molecule has 0 aliphatic rings. The summed E-state index contributed by atoms with van der Waals surface area (Å²) in [6, 6.07) is 26.2. The molecule has 0 aromatic heterocycles. The van der Waals surface area contributed by atoms with Gasteiger partial charge in [-0.05, 0) is 48.0 Å². The van der Waals surface area contributed by atoms with Crippen molar-refractivity contribution in [1.29, 1.82) is 0 Å². The summed E-state index contributed by atoms with van der Waals surface area (Å²) < 4.78 is 5.85. The quantitative estimate of drug-likeness (QED) is 0.179. The first-order valence-corrected chi connectivity index (χ1v) is 10.2. The minimum atomic E-state index is -0.309. The number of benzene rings is 4. The van der Waals surface area contributed by atoms with Crippen LogP contribution in [-0.2, 0) is 0 Å². The van der Waals surface area contributed by atoms with Gasteiger partial charge in [-0.15, -0.1) is 0 Å². The Morgan fingerprint density at radius 2 is 1.52 bits per heavy atom. The fourth-order valence-corrected chi connectivity index (χ4v) is 3.31. The van der Waals surface area contributed by atoms with Crippen molar-refractivity contribution < 1.29 is 20.0 Å². The number of nitrogens with two attached hydrogens (primary N) is 3. The van der Waals surface area contributed by atoms with E-state index in [0.29, 0.717) is 28.3 Å². The van der Waals surface area contributed by atoms with E-state index in [2.05, 4.69) is 5.32 Å². The Balaban J connectivity index is 1.55. The van der Waals surface area contributed by atoms with Gasteiger partial charge in [0, 0.05) is 22.9 Å². The molecule has 0 radical (unpaired) electrons. The molecule has 0 bridgehead atoms. The zero-order valence-corrected chi connectivity index (χ0v) is 17.7. The highest BCUT2D eigenvalue weighted by Crippen LogP contribution is 2.35. The summed E-state index contributed by atoms with van der Waals surface area (Å²) in [4.78, 5) is 12.9. The van der Waals surface area contributed by atoms with E-state index in [0.717, 1.165) is 11.1 Å². The molecule has 0 atom stereocenters. The van der Waals surface area contributed by atoms with Crippen LogP contribution < -0.4 is 26.9 Å². The van der Waals surface area contributed by atoms with Crippen molar-refractivity contribution in [2.75, 3.05) is 11.1 Å². The molecule has 7 nitrogen and oxygen atoms in total. The average molecular weight is 439 g/mol. The van der Waals surface area contributed by atoms with Crippen molar-refractivity contribution in [3.05, 3.63) is 102 Å². The average Bonchev–Trinajstić information content (AvgIpc) is 2.82. The van der Waals surface area contributed by atoms with Crippen LogP contribution in [0.1, 0.15) is 15.9 Å². The van der Waals surface area contributed by atoms with Gasteiger partial charge in [0.1, 0.15) is 0 Å². The van der Waals surface area contributed by atoms with Gasteiger partial charge in [0.25, 0.3) is 11.7 Å². The zero-order chi connectivity index (χ0) is 23.4. The fourth-order valence-electron chi connectivity index (χ4n) is 3.31. The lowest BCUT2D eigenvalue weighted by Crippen LogP contribution is -2.46. The summed E-state index contributed by atoms with van der Waals surface area (Å²) in [7, 11) is 0. The molecule has 33 heavy (non-hydrogen) atoms. The number of carbonyl (C=O) groups is 1. The number of hydrogen-bond acceptors (Lipinski definition) is 4. The molecule has 0 fully saturated rings. The monoisotopic (exact) mass is 439 g/mol. The highest BCUT2D eigenvalue weighted by molar-refractivity contribution is 6.05. The number of hydrogen-bond donors (Lipinski definition) is 5. The summed E-state index contributed by atoms with van der Waals surface area (Å²) in [6.45, 7) is 0. The van der Waals surface area contributed by atoms with Crippen LogP contribution in [0.15, 0.2) is 91.0 Å². The number of aromatic hydroxyl groups is 1. The third-order valence-corrected chi connectivity index (χ3v) is 5.07. The Bertz CT molecular complexity index is 1330. The second-order valence-corrected chi connectivity index (χ2v) is 7.35. The lowest BCUT2D eigenvalue weighted by Gasteiger charge is -2.14. The maximum absolute atomic E-state index is 12.9. The van der Waals surface area contributed by atoms with E-state index in [9.17, 15) is 9.90 Å². The van der Waals surface area contributed by atoms with Crippen LogP contribution in [0.2, 0.25) is 0 Å². The smallest absolute Gasteiger partial charge is 0.270 e. The summed E-state index contributed by atoms with van der Waals surface area (Å²) in [6.07, 6.45) is 0. The van der Waals surface area contributed by atoms with Gasteiger partial charge in [-0.3, -0.25) is 15.9 Å². The first-order chi connectivity index (χ1) is 15.9. The number of rotatable bonds is 6. The van der Waals surface area contributed by atoms with Crippen molar-refractivity contribution in [2.45, 2.75) is 0 Å². The van der Waals surface area contributed by atoms with Gasteiger partial charge in [0.2, 0.25) is 0 Å². The summed E-state index contributed by atoms with van der Waals surface area (Å²) in [5, 5.41) is 18.6. The molecule has 0 aliphatic heterocycles. The number of phenolic OH excluding ortho intramolecular Hbond substituents is 1. The number of phenols is 1. The topological polar surface area (TPSA) is 136 Å². The summed E-state index contributed by atoms with van der Waals surface area (Å²) in [5.74, 6) is 0.213. The Morgan fingerprint density at radius 1 is 0.848 bits per heavy atom. The van der Waals surface area contributed by atoms with Gasteiger partial charge in [-0.1, -0.05) is 42.5 Å². The Labute approximate surface area is 190 Å². The van der Waals surface area contributed by atoms with Crippen molar-refractivity contribution in [3.63, 3.8) is 0 Å². The van der Waals surface area contributed by atoms with Crippen LogP contribution in [0.3, 0.4) is 0 Å². The molecule has 7 heteroatoms. The molecular weight excluding hydrogens is 416 g/mol. The molecule has 0 unspecified atom stereocenters. The third kappa shape index (κ3) is 4.77. The van der Waals surface area contributed by atoms with Crippen LogP contribution >= 0.6 is 0 Å². The maximum Gasteiger partial charge on any atom is 0.270 e. The van der Waals surface area contributed by atoms with Crippen molar-refractivity contribution in [2.24, 2.45) is 5.73 Å². The third-order valence-electron chi connectivity index (χ3n) is 5.07. The molecule has 0 saturated carbocycles. The second kappa shape index (κ2) is 9.15. The van der Waals surface area contributed by atoms with Gasteiger partial charge in [-0.25, -0.2) is 0 Å². The number of nitrogens with one attached hydrogen (secondary N) is 1. The first kappa shape index (κ1) is 21.5. The van der Waals surface area contributed by atoms with Gasteiger partial charge in [-0.2, -0.15) is 0 Å². The van der Waals surface area contributed by atoms with Crippen LogP contribution in [0, 0.1) is 0 Å². The zero-order valence-electron chi connectivity index (χ0n) is 17.7. The molecule has 1 amide bonds. The predicted molar refractivity (Wildman–Crippen MR) is 129 cm³/mol. The molecular formula is C26H23N4O3+. The van der Waals surface area contributed by atoms with Crippen LogP contribution in [0.4, 0.5) is 11.4 Å². The minimum Gasteiger partial charge on any atom is -0.504 e. The highest BCUT2D eigenvalue weighted by atomic mass is 16.5. The Morgan fingerprint density at radius 3 is 2.24 bits per heavy atom. The lowest BCUT2D eigenvalue weighted by molar-refractivity contribution is -0.114. The van der Waals surface area contributed by atoms with E-state index in [1.54, 1.807) is 42.5 Å². The van der Waals surface area contributed by atoms with Gasteiger partial charge in [0.05, 0.1) is 11.3 Å². The summed E-state index contributed by atoms with van der Waals surface area (Å²) in [5.41, 5.74) is 15.6. The van der Waals surface area contributed by atoms with E-state index in [4.69, 9.17) is 21.6 Å². The number of amides is 1. The maximum atomic E-state index is 12.9. The predicted octanol–water partition coefficient (Wildman–Crippen LogP) is 3.15. The molecule has 4 aromatic carbocycles. The van der Waals surface area contributed by atoms with E-state index in [1.807, 2.05) is 36.4 Å². The van der Waals surface area contributed by atoms with Crippen molar-refractivity contribution in [3.8, 4) is 28.4 Å². The second-order valence-electron chi connectivity index (χ2n) is 7.35. The van der Waals surface area contributed by atoms with Gasteiger partial charge in [0.15, 0.2) is 17.2 Å². The number of carbonyl (C=O) groups excluding carboxylic acids is 1. The molecule has 0 heterocycles. The van der Waals surface area contributed by atoms with Crippen LogP contribution in [-0.4, -0.2) is 16.8 Å². The number of anilines is 2. The largest absolute Gasteiger partial charge is 0.504 e. The fraction of sp³-hybridized carbons (Fsp3) is 0. The summed E-state index contributed by atoms with van der Waals surface area (Å²) >= 11 is 0. The number of amidine groups is 1. The van der Waals surface area contributed by atoms with Crippen LogP contribution in [0.5, 0.6) is 17.2 Å². The molecule has 0 saturated heterocycles. The molecule has 4 aromatic rings. The normalized spacial score (nSPS) is 10.4. The SMILES string of the molecule is NC(=[NH2+])c1ccc(O)c(Oc2ccccc2NC(=O)c2ccc(-c3ccccc3N)cc2)c1. The van der Waals surface area contributed by atoms with Crippen LogP contribution in [0.25, 0.3) is 11.1 Å². The molecule has 8 N–H and O–H groups in total. The van der Waals surface area contributed by atoms with Crippen molar-refractivity contribution >= 4 is 23.1 Å². The molecule has 4 rings (SSSR count). The standard InChI is InChI=1S/C26H22N4O3/c27-20-6-2-1-5-19(20)16-9-11-17(12-10-16)26(32)30-21-7-3-4-8-23(21)33-24-15-18(25(28)29)13-14-22(24)31/h1-15,31H,27H2,(H3,28,29)(H,30,32)/p+1. The minimum absolute atomic E-state index is 0.0862. The van der Waals surface area contributed by atoms with E-state index in [1.165, 1.54) is 12.1 Å². The first-order valence-electron chi connectivity index (χ1n) is 10.2. The molecule has 0 spiro atoms. The molecule has 164 valence electrons. The van der Waals surface area contributed by atoms with Gasteiger partial charge < -0.3 is 20.9 Å². The van der Waals surface area contributed by atoms with Crippen molar-refractivity contribution in [1.82, 2.24) is 0 Å². The Hall–Kier alpha value is -4.78. The Kier molecular flexibility index (Phi) is 5.95. The number of ether oxygens (including phenoxy) is 1. The van der Waals surface area contributed by atoms with Gasteiger partial charge >= 0.3 is 0 Å². The highest BCUT2D eigenvalue weighted by Gasteiger charge is 2.14. The number of nitrogen functional groups attached to an aromatic ring is 1. The number of para-hydroxylation sites is 3. The van der Waals surface area contributed by atoms with E-state index >= 15 is 0 Å². The lowest BCUT2D eigenvalue weighted by atomic mass is 10.0.